The van der Waals surface area contributed by atoms with Crippen LogP contribution in [0.1, 0.15) is 0 Å². The molecule has 1 aromatic carbocycles. The standard InChI is InChI=1S/C14H10N2O2S/c17-13-10-8-11(9-4-2-1-3-5-9)19-12(10)15-14-16(13)6-7-18-14/h1-5,8H,6-7H2. The first-order chi connectivity index (χ1) is 9.33. The van der Waals surface area contributed by atoms with Gasteiger partial charge in [0.05, 0.1) is 11.9 Å². The molecule has 4 nitrogen and oxygen atoms in total. The van der Waals surface area contributed by atoms with Crippen molar-refractivity contribution in [2.75, 3.05) is 6.61 Å². The van der Waals surface area contributed by atoms with Crippen LogP contribution in [0.5, 0.6) is 6.01 Å². The molecule has 1 aliphatic heterocycles. The summed E-state index contributed by atoms with van der Waals surface area (Å²) in [5.41, 5.74) is 1.10. The second kappa shape index (κ2) is 3.93. The van der Waals surface area contributed by atoms with Crippen LogP contribution in [0.3, 0.4) is 0 Å². The van der Waals surface area contributed by atoms with Gasteiger partial charge in [0, 0.05) is 4.88 Å². The zero-order valence-corrected chi connectivity index (χ0v) is 10.8. The fourth-order valence-corrected chi connectivity index (χ4v) is 3.30. The number of rotatable bonds is 1. The van der Waals surface area contributed by atoms with E-state index in [1.807, 2.05) is 36.4 Å². The molecule has 0 saturated carbocycles. The van der Waals surface area contributed by atoms with Crippen LogP contribution in [-0.4, -0.2) is 16.2 Å². The number of hydrogen-bond acceptors (Lipinski definition) is 4. The van der Waals surface area contributed by atoms with E-state index in [4.69, 9.17) is 4.74 Å². The molecule has 0 saturated heterocycles. The summed E-state index contributed by atoms with van der Waals surface area (Å²) in [7, 11) is 0. The van der Waals surface area contributed by atoms with Crippen molar-refractivity contribution < 1.29 is 4.74 Å². The molecule has 1 aliphatic rings. The smallest absolute Gasteiger partial charge is 0.300 e. The largest absolute Gasteiger partial charge is 0.463 e. The zero-order valence-electron chi connectivity index (χ0n) is 10.00. The first-order valence-corrected chi connectivity index (χ1v) is 6.87. The van der Waals surface area contributed by atoms with E-state index in [0.717, 1.165) is 15.3 Å². The topological polar surface area (TPSA) is 44.1 Å². The Bertz CT molecular complexity index is 821. The quantitative estimate of drug-likeness (QED) is 0.682. The van der Waals surface area contributed by atoms with Crippen molar-refractivity contribution in [3.05, 3.63) is 46.8 Å². The first kappa shape index (κ1) is 10.8. The van der Waals surface area contributed by atoms with Gasteiger partial charge in [-0.15, -0.1) is 11.3 Å². The number of thiophene rings is 1. The molecule has 0 amide bonds. The van der Waals surface area contributed by atoms with Crippen molar-refractivity contribution in [1.29, 1.82) is 0 Å². The maximum atomic E-state index is 12.3. The normalized spacial score (nSPS) is 13.5. The van der Waals surface area contributed by atoms with Gasteiger partial charge in [-0.1, -0.05) is 30.3 Å². The van der Waals surface area contributed by atoms with Gasteiger partial charge in [0.25, 0.3) is 5.56 Å². The number of benzene rings is 1. The Morgan fingerprint density at radius 2 is 2.11 bits per heavy atom. The van der Waals surface area contributed by atoms with Crippen LogP contribution in [0.15, 0.2) is 41.2 Å². The third kappa shape index (κ3) is 1.58. The van der Waals surface area contributed by atoms with Crippen molar-refractivity contribution in [3.63, 3.8) is 0 Å². The number of hydrogen-bond donors (Lipinski definition) is 0. The van der Waals surface area contributed by atoms with Crippen LogP contribution in [0, 0.1) is 0 Å². The molecular weight excluding hydrogens is 260 g/mol. The minimum absolute atomic E-state index is 0.00377. The summed E-state index contributed by atoms with van der Waals surface area (Å²) in [5.74, 6) is 0. The lowest BCUT2D eigenvalue weighted by atomic mass is 10.2. The average molecular weight is 270 g/mol. The summed E-state index contributed by atoms with van der Waals surface area (Å²) in [5, 5.41) is 0.679. The SMILES string of the molecule is O=c1c2cc(-c3ccccc3)sc2nc2n1CCO2. The van der Waals surface area contributed by atoms with E-state index in [9.17, 15) is 4.79 Å². The summed E-state index contributed by atoms with van der Waals surface area (Å²) >= 11 is 1.53. The van der Waals surface area contributed by atoms with Crippen molar-refractivity contribution in [1.82, 2.24) is 9.55 Å². The average Bonchev–Trinajstić information content (AvgIpc) is 3.06. The molecule has 0 radical (unpaired) electrons. The Kier molecular flexibility index (Phi) is 2.22. The van der Waals surface area contributed by atoms with Gasteiger partial charge in [-0.25, -0.2) is 0 Å². The van der Waals surface area contributed by atoms with E-state index in [2.05, 4.69) is 4.98 Å². The maximum absolute atomic E-state index is 12.3. The number of ether oxygens (including phenoxy) is 1. The van der Waals surface area contributed by atoms with Gasteiger partial charge in [0.1, 0.15) is 11.4 Å². The Hall–Kier alpha value is -2.14. The van der Waals surface area contributed by atoms with Crippen LogP contribution >= 0.6 is 11.3 Å². The van der Waals surface area contributed by atoms with Crippen LogP contribution in [0.4, 0.5) is 0 Å². The lowest BCUT2D eigenvalue weighted by Gasteiger charge is -1.97. The number of aromatic nitrogens is 2. The van der Waals surface area contributed by atoms with E-state index < -0.39 is 0 Å². The van der Waals surface area contributed by atoms with Gasteiger partial charge in [0.2, 0.25) is 0 Å². The Labute approximate surface area is 112 Å². The predicted octanol–water partition coefficient (Wildman–Crippen LogP) is 2.52. The van der Waals surface area contributed by atoms with Crippen LogP contribution < -0.4 is 10.3 Å². The van der Waals surface area contributed by atoms with Crippen LogP contribution in [-0.2, 0) is 6.54 Å². The molecule has 94 valence electrons. The summed E-state index contributed by atoms with van der Waals surface area (Å²) in [6.45, 7) is 1.12. The third-order valence-electron chi connectivity index (χ3n) is 3.22. The number of fused-ring (bicyclic) bond motifs is 2. The summed E-state index contributed by atoms with van der Waals surface area (Å²) in [6, 6.07) is 12.4. The highest BCUT2D eigenvalue weighted by Crippen LogP contribution is 2.32. The lowest BCUT2D eigenvalue weighted by Crippen LogP contribution is -2.17. The molecule has 0 bridgehead atoms. The predicted molar refractivity (Wildman–Crippen MR) is 74.8 cm³/mol. The summed E-state index contributed by atoms with van der Waals surface area (Å²) in [6.07, 6.45) is 0. The second-order valence-corrected chi connectivity index (χ2v) is 5.43. The monoisotopic (exact) mass is 270 g/mol. The molecule has 19 heavy (non-hydrogen) atoms. The first-order valence-electron chi connectivity index (χ1n) is 6.05. The molecule has 0 aliphatic carbocycles. The summed E-state index contributed by atoms with van der Waals surface area (Å²) in [4.78, 5) is 18.5. The molecule has 0 spiro atoms. The highest BCUT2D eigenvalue weighted by molar-refractivity contribution is 7.21. The maximum Gasteiger partial charge on any atom is 0.300 e. The van der Waals surface area contributed by atoms with Gasteiger partial charge in [-0.05, 0) is 11.6 Å². The Balaban J connectivity index is 1.99. The van der Waals surface area contributed by atoms with E-state index in [1.165, 1.54) is 11.3 Å². The van der Waals surface area contributed by atoms with E-state index in [-0.39, 0.29) is 5.56 Å². The highest BCUT2D eigenvalue weighted by atomic mass is 32.1. The van der Waals surface area contributed by atoms with Gasteiger partial charge in [-0.3, -0.25) is 9.36 Å². The van der Waals surface area contributed by atoms with Crippen molar-refractivity contribution >= 4 is 21.6 Å². The molecule has 0 atom stereocenters. The minimum Gasteiger partial charge on any atom is -0.463 e. The van der Waals surface area contributed by atoms with Crippen LogP contribution in [0.25, 0.3) is 20.7 Å². The fourth-order valence-electron chi connectivity index (χ4n) is 2.28. The third-order valence-corrected chi connectivity index (χ3v) is 4.30. The molecule has 3 aromatic rings. The Morgan fingerprint density at radius 1 is 1.26 bits per heavy atom. The van der Waals surface area contributed by atoms with Gasteiger partial charge < -0.3 is 4.74 Å². The molecule has 5 heteroatoms. The molecule has 2 aromatic heterocycles. The van der Waals surface area contributed by atoms with Crippen LogP contribution in [0.2, 0.25) is 0 Å². The van der Waals surface area contributed by atoms with Gasteiger partial charge >= 0.3 is 6.01 Å². The fraction of sp³-hybridized carbons (Fsp3) is 0.143. The molecule has 0 N–H and O–H groups in total. The second-order valence-electron chi connectivity index (χ2n) is 4.40. The number of nitrogens with zero attached hydrogens (tertiary/aromatic N) is 2. The molecule has 3 heterocycles. The molecular formula is C14H10N2O2S. The van der Waals surface area contributed by atoms with Crippen molar-refractivity contribution in [2.24, 2.45) is 0 Å². The van der Waals surface area contributed by atoms with E-state index in [1.54, 1.807) is 4.57 Å². The Morgan fingerprint density at radius 3 is 2.95 bits per heavy atom. The van der Waals surface area contributed by atoms with Crippen molar-refractivity contribution in [2.45, 2.75) is 6.54 Å². The van der Waals surface area contributed by atoms with E-state index in [0.29, 0.717) is 24.5 Å². The minimum atomic E-state index is -0.00377. The van der Waals surface area contributed by atoms with Gasteiger partial charge in [-0.2, -0.15) is 4.98 Å². The molecule has 4 rings (SSSR count). The lowest BCUT2D eigenvalue weighted by molar-refractivity contribution is 0.345. The van der Waals surface area contributed by atoms with Gasteiger partial charge in [0.15, 0.2) is 0 Å². The highest BCUT2D eigenvalue weighted by Gasteiger charge is 2.19. The molecule has 0 fully saturated rings. The summed E-state index contributed by atoms with van der Waals surface area (Å²) < 4.78 is 6.96. The van der Waals surface area contributed by atoms with Crippen molar-refractivity contribution in [3.8, 4) is 16.5 Å². The molecule has 0 unspecified atom stereocenters. The zero-order chi connectivity index (χ0) is 12.8. The van der Waals surface area contributed by atoms with E-state index >= 15 is 0 Å².